The smallest absolute Gasteiger partial charge is 0.265 e. The summed E-state index contributed by atoms with van der Waals surface area (Å²) in [5.41, 5.74) is 10.5. The van der Waals surface area contributed by atoms with E-state index in [1.165, 1.54) is 11.0 Å². The number of nitrogens with two attached hydrogens (primary N) is 1. The summed E-state index contributed by atoms with van der Waals surface area (Å²) in [4.78, 5) is 5.49. The third-order valence-corrected chi connectivity index (χ3v) is 1.88. The lowest BCUT2D eigenvalue weighted by atomic mass is 10.2. The molecule has 0 bridgehead atoms. The van der Waals surface area contributed by atoms with Gasteiger partial charge in [0.05, 0.1) is 6.04 Å². The minimum atomic E-state index is -0.0966. The van der Waals surface area contributed by atoms with Gasteiger partial charge in [0.25, 0.3) is 12.1 Å². The first-order chi connectivity index (χ1) is 7.25. The molecule has 1 atom stereocenters. The van der Waals surface area contributed by atoms with E-state index in [-0.39, 0.29) is 11.9 Å². The van der Waals surface area contributed by atoms with Crippen LogP contribution >= 0.6 is 0 Å². The van der Waals surface area contributed by atoms with Crippen LogP contribution in [-0.4, -0.2) is 10.3 Å². The molecule has 0 amide bonds. The number of rotatable bonds is 3. The standard InChI is InChI=1S/C9H11N5O/c1-7(8-4-2-3-5-11-8)12-14-6-9(10)15-13-14/h2-7H,10H2,1H3. The molecular formula is C9H11N5O. The lowest BCUT2D eigenvalue weighted by Gasteiger charge is -2.10. The zero-order valence-electron chi connectivity index (χ0n) is 8.24. The van der Waals surface area contributed by atoms with Crippen molar-refractivity contribution in [2.24, 2.45) is 0 Å². The maximum Gasteiger partial charge on any atom is 0.265 e. The van der Waals surface area contributed by atoms with E-state index in [0.717, 1.165) is 5.69 Å². The van der Waals surface area contributed by atoms with Gasteiger partial charge in [-0.25, -0.2) is 5.43 Å². The average Bonchev–Trinajstić information content (AvgIpc) is 2.65. The first kappa shape index (κ1) is 9.45. The van der Waals surface area contributed by atoms with Crippen LogP contribution in [-0.2, 0) is 0 Å². The number of nitrogen functional groups attached to an aromatic ring is 1. The maximum absolute atomic E-state index is 5.37. The van der Waals surface area contributed by atoms with Gasteiger partial charge in [-0.1, -0.05) is 17.8 Å². The lowest BCUT2D eigenvalue weighted by molar-refractivity contribution is -0.699. The highest BCUT2D eigenvalue weighted by atomic mass is 16.5. The fourth-order valence-corrected chi connectivity index (χ4v) is 1.16. The highest BCUT2D eigenvalue weighted by Crippen LogP contribution is 2.15. The van der Waals surface area contributed by atoms with Crippen molar-refractivity contribution < 1.29 is 9.31 Å². The Morgan fingerprint density at radius 1 is 1.53 bits per heavy atom. The summed E-state index contributed by atoms with van der Waals surface area (Å²) >= 11 is 0. The molecule has 0 aliphatic rings. The Bertz CT molecular complexity index is 427. The molecule has 2 N–H and O–H groups in total. The van der Waals surface area contributed by atoms with Crippen LogP contribution in [0.2, 0.25) is 0 Å². The molecule has 0 aliphatic heterocycles. The SMILES string of the molecule is CC([N-][n+]1cc(N)on1)c1ccccn1. The fraction of sp³-hybridized carbons (Fsp3) is 0.222. The first-order valence-electron chi connectivity index (χ1n) is 4.52. The molecule has 0 saturated carbocycles. The lowest BCUT2D eigenvalue weighted by Crippen LogP contribution is -2.31. The number of anilines is 1. The zero-order valence-corrected chi connectivity index (χ0v) is 8.24. The molecule has 15 heavy (non-hydrogen) atoms. The summed E-state index contributed by atoms with van der Waals surface area (Å²) in [5, 5.41) is 3.60. The van der Waals surface area contributed by atoms with Crippen molar-refractivity contribution in [1.29, 1.82) is 0 Å². The largest absolute Gasteiger partial charge is 0.382 e. The molecule has 0 fully saturated rings. The van der Waals surface area contributed by atoms with E-state index < -0.39 is 0 Å². The number of nitrogens with zero attached hydrogens (tertiary/aromatic N) is 4. The van der Waals surface area contributed by atoms with Crippen molar-refractivity contribution in [2.45, 2.75) is 13.0 Å². The minimum absolute atomic E-state index is 0.0966. The molecule has 1 unspecified atom stereocenters. The molecule has 0 saturated heterocycles. The quantitative estimate of drug-likeness (QED) is 0.752. The van der Waals surface area contributed by atoms with Gasteiger partial charge in [0, 0.05) is 11.9 Å². The van der Waals surface area contributed by atoms with Gasteiger partial charge in [-0.05, 0) is 17.4 Å². The Hall–Kier alpha value is -2.11. The monoisotopic (exact) mass is 205 g/mol. The predicted molar refractivity (Wildman–Crippen MR) is 52.5 cm³/mol. The molecular weight excluding hydrogens is 194 g/mol. The first-order valence-corrected chi connectivity index (χ1v) is 4.52. The van der Waals surface area contributed by atoms with Crippen molar-refractivity contribution in [3.05, 3.63) is 41.7 Å². The number of hydrogen-bond acceptors (Lipinski definition) is 4. The van der Waals surface area contributed by atoms with Crippen molar-refractivity contribution in [1.82, 2.24) is 10.3 Å². The van der Waals surface area contributed by atoms with Gasteiger partial charge in [-0.2, -0.15) is 0 Å². The van der Waals surface area contributed by atoms with Crippen molar-refractivity contribution in [2.75, 3.05) is 5.73 Å². The number of pyridine rings is 1. The molecule has 0 aliphatic carbocycles. The van der Waals surface area contributed by atoms with Crippen LogP contribution in [0.25, 0.3) is 5.43 Å². The topological polar surface area (TPSA) is 82.9 Å². The van der Waals surface area contributed by atoms with Gasteiger partial charge >= 0.3 is 0 Å². The van der Waals surface area contributed by atoms with Crippen LogP contribution in [0, 0.1) is 0 Å². The molecule has 6 heteroatoms. The van der Waals surface area contributed by atoms with Crippen LogP contribution in [0.3, 0.4) is 0 Å². The molecule has 6 nitrogen and oxygen atoms in total. The molecule has 0 spiro atoms. The Balaban J connectivity index is 2.07. The van der Waals surface area contributed by atoms with Gasteiger partial charge in [0.1, 0.15) is 0 Å². The van der Waals surface area contributed by atoms with E-state index in [1.807, 2.05) is 25.1 Å². The molecule has 78 valence electrons. The molecule has 2 rings (SSSR count). The molecule has 2 aromatic rings. The van der Waals surface area contributed by atoms with Crippen molar-refractivity contribution in [3.63, 3.8) is 0 Å². The van der Waals surface area contributed by atoms with Crippen molar-refractivity contribution in [3.8, 4) is 0 Å². The Kier molecular flexibility index (Phi) is 2.49. The van der Waals surface area contributed by atoms with Gasteiger partial charge in [-0.15, -0.1) is 0 Å². The second-order valence-corrected chi connectivity index (χ2v) is 3.07. The van der Waals surface area contributed by atoms with Crippen LogP contribution in [0.5, 0.6) is 0 Å². The van der Waals surface area contributed by atoms with Crippen molar-refractivity contribution >= 4 is 5.88 Å². The van der Waals surface area contributed by atoms with Crippen LogP contribution in [0.4, 0.5) is 5.88 Å². The molecule has 2 aromatic heterocycles. The predicted octanol–water partition coefficient (Wildman–Crippen LogP) is 0.837. The Morgan fingerprint density at radius 3 is 3.00 bits per heavy atom. The highest BCUT2D eigenvalue weighted by Gasteiger charge is 2.08. The van der Waals surface area contributed by atoms with E-state index >= 15 is 0 Å². The molecule has 2 heterocycles. The van der Waals surface area contributed by atoms with Gasteiger partial charge in [0.15, 0.2) is 0 Å². The molecule has 0 radical (unpaired) electrons. The third-order valence-electron chi connectivity index (χ3n) is 1.88. The summed E-state index contributed by atoms with van der Waals surface area (Å²) in [6.45, 7) is 1.92. The van der Waals surface area contributed by atoms with Gasteiger partial charge < -0.3 is 10.3 Å². The van der Waals surface area contributed by atoms with E-state index in [9.17, 15) is 0 Å². The number of hydrogen-bond donors (Lipinski definition) is 1. The second kappa shape index (κ2) is 3.95. The molecule has 0 aromatic carbocycles. The van der Waals surface area contributed by atoms with E-state index in [4.69, 9.17) is 5.73 Å². The highest BCUT2D eigenvalue weighted by molar-refractivity contribution is 5.13. The van der Waals surface area contributed by atoms with Gasteiger partial charge in [-0.3, -0.25) is 4.98 Å². The minimum Gasteiger partial charge on any atom is -0.382 e. The Morgan fingerprint density at radius 2 is 2.40 bits per heavy atom. The summed E-state index contributed by atoms with van der Waals surface area (Å²) < 4.78 is 4.68. The maximum atomic E-state index is 5.37. The van der Waals surface area contributed by atoms with Crippen LogP contribution in [0.15, 0.2) is 35.1 Å². The fourth-order valence-electron chi connectivity index (χ4n) is 1.16. The summed E-state index contributed by atoms with van der Waals surface area (Å²) in [5.74, 6) is 0.229. The summed E-state index contributed by atoms with van der Waals surface area (Å²) in [6.07, 6.45) is 3.22. The summed E-state index contributed by atoms with van der Waals surface area (Å²) in [7, 11) is 0. The normalized spacial score (nSPS) is 12.3. The van der Waals surface area contributed by atoms with E-state index in [2.05, 4.69) is 20.2 Å². The Labute approximate surface area is 86.7 Å². The zero-order chi connectivity index (χ0) is 10.7. The second-order valence-electron chi connectivity index (χ2n) is 3.07. The van der Waals surface area contributed by atoms with Crippen LogP contribution in [0.1, 0.15) is 18.7 Å². The average molecular weight is 205 g/mol. The van der Waals surface area contributed by atoms with E-state index in [1.54, 1.807) is 6.20 Å². The van der Waals surface area contributed by atoms with Gasteiger partial charge in [0.2, 0.25) is 0 Å². The number of aromatic nitrogens is 3. The third kappa shape index (κ3) is 2.22. The van der Waals surface area contributed by atoms with E-state index in [0.29, 0.717) is 0 Å². The summed E-state index contributed by atoms with van der Waals surface area (Å²) in [6, 6.07) is 5.58. The van der Waals surface area contributed by atoms with Crippen LogP contribution < -0.4 is 10.5 Å².